The zero-order chi connectivity index (χ0) is 32.7. The van der Waals surface area contributed by atoms with Crippen molar-refractivity contribution in [2.45, 2.75) is 81.4 Å². The fourth-order valence-corrected chi connectivity index (χ4v) is 9.49. The van der Waals surface area contributed by atoms with Gasteiger partial charge in [0.15, 0.2) is 11.4 Å². The molecule has 254 valence electrons. The van der Waals surface area contributed by atoms with Crippen molar-refractivity contribution in [2.24, 2.45) is 23.7 Å². The second-order valence-electron chi connectivity index (χ2n) is 13.6. The number of alkyl carbamates (subject to hydrolysis) is 1. The maximum Gasteiger partial charge on any atom is 0.407 e. The van der Waals surface area contributed by atoms with Gasteiger partial charge < -0.3 is 30.0 Å². The molecular weight excluding hydrogens is 641 g/mol. The van der Waals surface area contributed by atoms with Gasteiger partial charge in [-0.3, -0.25) is 0 Å². The number of nitrogens with zero attached hydrogens (tertiary/aromatic N) is 2. The number of aliphatic hydroxyl groups is 1. The van der Waals surface area contributed by atoms with E-state index in [-0.39, 0.29) is 36.8 Å². The van der Waals surface area contributed by atoms with Crippen molar-refractivity contribution in [2.75, 3.05) is 31.6 Å². The quantitative estimate of drug-likeness (QED) is 0.222. The number of aromatic nitrogens is 1. The highest BCUT2D eigenvalue weighted by molar-refractivity contribution is 7.89. The molecule has 7 rings (SSSR count). The van der Waals surface area contributed by atoms with Crippen LogP contribution in [-0.4, -0.2) is 85.8 Å². The third kappa shape index (κ3) is 7.45. The molecule has 3 heterocycles. The van der Waals surface area contributed by atoms with Crippen molar-refractivity contribution >= 4 is 42.8 Å². The summed E-state index contributed by atoms with van der Waals surface area (Å²) >= 11 is 1.44. The van der Waals surface area contributed by atoms with Gasteiger partial charge in [-0.05, 0) is 67.2 Å². The number of hydrogen-bond acceptors (Lipinski definition) is 10. The molecule has 2 saturated heterocycles. The van der Waals surface area contributed by atoms with E-state index in [2.05, 4.69) is 15.6 Å². The number of amides is 1. The molecule has 4 aliphatic rings. The van der Waals surface area contributed by atoms with Gasteiger partial charge in [0.2, 0.25) is 10.0 Å². The van der Waals surface area contributed by atoms with Crippen LogP contribution in [0.5, 0.6) is 0 Å². The van der Waals surface area contributed by atoms with E-state index in [1.165, 1.54) is 15.6 Å². The first-order chi connectivity index (χ1) is 22.7. The number of fused-ring (bicyclic) bond motifs is 2. The first kappa shape index (κ1) is 32.7. The Balaban J connectivity index is 1.08. The topological polar surface area (TPSA) is 139 Å². The number of rotatable bonds is 14. The Bertz CT molecular complexity index is 1670. The molecular formula is C34H44N4O7S2. The van der Waals surface area contributed by atoms with Gasteiger partial charge in [-0.15, -0.1) is 0 Å². The molecule has 11 nitrogen and oxygen atoms in total. The summed E-state index contributed by atoms with van der Waals surface area (Å²) < 4.78 is 47.9. The number of anilines is 1. The molecule has 0 radical (unpaired) electrons. The minimum Gasteiger partial charge on any atom is -0.444 e. The fourth-order valence-electron chi connectivity index (χ4n) is 6.83. The predicted molar refractivity (Wildman–Crippen MR) is 179 cm³/mol. The summed E-state index contributed by atoms with van der Waals surface area (Å²) in [6.45, 7) is 4.98. The predicted octanol–water partition coefficient (Wildman–Crippen LogP) is 4.61. The zero-order valence-electron chi connectivity index (χ0n) is 26.8. The molecule has 8 atom stereocenters. The summed E-state index contributed by atoms with van der Waals surface area (Å²) in [4.78, 5) is 18.0. The van der Waals surface area contributed by atoms with Gasteiger partial charge >= 0.3 is 6.09 Å². The number of carbonyl (C=O) groups excluding carboxylic acids is 1. The average molecular weight is 685 g/mol. The van der Waals surface area contributed by atoms with Gasteiger partial charge in [0, 0.05) is 25.0 Å². The van der Waals surface area contributed by atoms with Gasteiger partial charge in [0.1, 0.15) is 6.10 Å². The number of ether oxygens (including phenoxy) is 3. The van der Waals surface area contributed by atoms with Crippen molar-refractivity contribution in [1.82, 2.24) is 14.6 Å². The summed E-state index contributed by atoms with van der Waals surface area (Å²) in [6.07, 6.45) is 1.50. The average Bonchev–Trinajstić information content (AvgIpc) is 3.91. The summed E-state index contributed by atoms with van der Waals surface area (Å²) in [6, 6.07) is 14.1. The molecule has 0 spiro atoms. The highest BCUT2D eigenvalue weighted by Gasteiger charge is 2.62. The maximum absolute atomic E-state index is 14.2. The number of hydrogen-bond donors (Lipinski definition) is 3. The van der Waals surface area contributed by atoms with Crippen LogP contribution in [0.15, 0.2) is 53.4 Å². The van der Waals surface area contributed by atoms with Gasteiger partial charge in [0.25, 0.3) is 0 Å². The Morgan fingerprint density at radius 1 is 1.13 bits per heavy atom. The lowest BCUT2D eigenvalue weighted by molar-refractivity contribution is -0.137. The van der Waals surface area contributed by atoms with Crippen molar-refractivity contribution in [3.05, 3.63) is 54.1 Å². The Kier molecular flexibility index (Phi) is 9.47. The van der Waals surface area contributed by atoms with E-state index in [9.17, 15) is 18.3 Å². The van der Waals surface area contributed by atoms with Crippen molar-refractivity contribution in [3.8, 4) is 0 Å². The van der Waals surface area contributed by atoms with Gasteiger partial charge in [0.05, 0.1) is 40.5 Å². The molecule has 4 fully saturated rings. The number of thiazole rings is 1. The molecule has 3 N–H and O–H groups in total. The summed E-state index contributed by atoms with van der Waals surface area (Å²) in [5.41, 5.74) is 1.64. The van der Waals surface area contributed by atoms with E-state index in [4.69, 9.17) is 14.2 Å². The third-order valence-corrected chi connectivity index (χ3v) is 12.8. The van der Waals surface area contributed by atoms with E-state index in [1.54, 1.807) is 18.2 Å². The summed E-state index contributed by atoms with van der Waals surface area (Å²) in [7, 11) is -4.00. The highest BCUT2D eigenvalue weighted by Crippen LogP contribution is 2.58. The third-order valence-electron chi connectivity index (χ3n) is 9.99. The lowest BCUT2D eigenvalue weighted by Gasteiger charge is -2.31. The Morgan fingerprint density at radius 3 is 2.68 bits per heavy atom. The molecule has 2 saturated carbocycles. The molecule has 47 heavy (non-hydrogen) atoms. The number of carbonyl (C=O) groups is 1. The number of aliphatic hydroxyl groups excluding tert-OH is 1. The van der Waals surface area contributed by atoms with Crippen molar-refractivity contribution in [3.63, 3.8) is 0 Å². The number of sulfonamides is 1. The molecule has 1 amide bonds. The first-order valence-electron chi connectivity index (χ1n) is 16.8. The molecule has 13 heteroatoms. The molecule has 2 aromatic carbocycles. The molecule has 2 aliphatic carbocycles. The normalized spacial score (nSPS) is 27.1. The minimum absolute atomic E-state index is 0.0460. The lowest BCUT2D eigenvalue weighted by Crippen LogP contribution is -2.51. The Labute approximate surface area is 280 Å². The molecule has 2 aliphatic heterocycles. The zero-order valence-corrected chi connectivity index (χ0v) is 28.4. The summed E-state index contributed by atoms with van der Waals surface area (Å²) in [5.74, 6) is 1.34. The van der Waals surface area contributed by atoms with Crippen LogP contribution < -0.4 is 10.6 Å². The van der Waals surface area contributed by atoms with Crippen LogP contribution in [0.3, 0.4) is 0 Å². The van der Waals surface area contributed by atoms with Crippen LogP contribution in [0, 0.1) is 23.7 Å². The molecule has 1 aromatic heterocycles. The molecule has 3 aromatic rings. The number of nitrogens with one attached hydrogen (secondary N) is 2. The van der Waals surface area contributed by atoms with Gasteiger partial charge in [-0.2, -0.15) is 4.31 Å². The summed E-state index contributed by atoms with van der Waals surface area (Å²) in [5, 5.41) is 18.8. The number of benzene rings is 2. The van der Waals surface area contributed by atoms with Crippen LogP contribution in [0.4, 0.5) is 9.93 Å². The van der Waals surface area contributed by atoms with Crippen LogP contribution in [-0.2, 0) is 30.7 Å². The standard InChI is InChI=1S/C34H44N4O7S2/c1-3-20(2)16-38(47(41,42)24-11-12-27-30(15-24)46-33(36-27)35-22-9-10-22)17-29(39)28(13-21-7-5-4-6-8-21)37-34(40)45-23-14-25-26-19-44-32(31(25)26)43-18-23/h4-8,11-12,15,20,22-23,25-26,28-29,31-32,39H,3,9-10,13-14,16-19H2,1-2H3,(H,35,36)(H,37,40)/t20?,23?,25?,26?,28-,29+,31?,32?/m0/s1. The smallest absolute Gasteiger partial charge is 0.407 e. The molecule has 6 unspecified atom stereocenters. The second kappa shape index (κ2) is 13.6. The second-order valence-corrected chi connectivity index (χ2v) is 16.6. The van der Waals surface area contributed by atoms with Crippen molar-refractivity contribution < 1.29 is 32.5 Å². The van der Waals surface area contributed by atoms with E-state index in [0.717, 1.165) is 46.6 Å². The largest absolute Gasteiger partial charge is 0.444 e. The van der Waals surface area contributed by atoms with E-state index in [1.807, 2.05) is 44.2 Å². The van der Waals surface area contributed by atoms with Crippen LogP contribution >= 0.6 is 11.3 Å². The SMILES string of the molecule is CCC(C)CN(C[C@@H](O)[C@H](Cc1ccccc1)NC(=O)OC1COC2OCC3C(C1)C23)S(=O)(=O)c1ccc2nc(NC3CC3)sc2c1. The highest BCUT2D eigenvalue weighted by atomic mass is 32.2. The van der Waals surface area contributed by atoms with E-state index in [0.29, 0.717) is 36.8 Å². The van der Waals surface area contributed by atoms with Gasteiger partial charge in [-0.25, -0.2) is 18.2 Å². The first-order valence-corrected chi connectivity index (χ1v) is 19.0. The molecule has 0 bridgehead atoms. The lowest BCUT2D eigenvalue weighted by atomic mass is 10.0. The van der Waals surface area contributed by atoms with Gasteiger partial charge in [-0.1, -0.05) is 61.9 Å². The van der Waals surface area contributed by atoms with Crippen LogP contribution in [0.25, 0.3) is 10.2 Å². The Morgan fingerprint density at radius 2 is 1.91 bits per heavy atom. The minimum atomic E-state index is -4.00. The Hall–Kier alpha value is -2.81. The van der Waals surface area contributed by atoms with Crippen LogP contribution in [0.1, 0.15) is 45.1 Å². The monoisotopic (exact) mass is 684 g/mol. The van der Waals surface area contributed by atoms with E-state index >= 15 is 0 Å². The van der Waals surface area contributed by atoms with Crippen LogP contribution in [0.2, 0.25) is 0 Å². The fraction of sp³-hybridized carbons (Fsp3) is 0.588. The van der Waals surface area contributed by atoms with Crippen molar-refractivity contribution in [1.29, 1.82) is 0 Å². The maximum atomic E-state index is 14.2. The van der Waals surface area contributed by atoms with E-state index < -0.39 is 34.4 Å².